The van der Waals surface area contributed by atoms with Crippen LogP contribution in [-0.4, -0.2) is 38.0 Å². The summed E-state index contributed by atoms with van der Waals surface area (Å²) >= 11 is 0. The second-order valence-corrected chi connectivity index (χ2v) is 10.5. The van der Waals surface area contributed by atoms with Gasteiger partial charge < -0.3 is 14.4 Å². The second kappa shape index (κ2) is 11.1. The Hall–Kier alpha value is -2.15. The maximum atomic E-state index is 13.4. The molecule has 1 aliphatic carbocycles. The normalized spacial score (nSPS) is 14.5. The lowest BCUT2D eigenvalue weighted by atomic mass is 9.73. The molecule has 0 atom stereocenters. The van der Waals surface area contributed by atoms with E-state index in [4.69, 9.17) is 9.05 Å². The van der Waals surface area contributed by atoms with Crippen LogP contribution in [0.2, 0.25) is 0 Å². The number of halogens is 3. The van der Waals surface area contributed by atoms with Crippen LogP contribution < -0.4 is 5.32 Å². The maximum absolute atomic E-state index is 13.4. The van der Waals surface area contributed by atoms with Gasteiger partial charge >= 0.3 is 13.8 Å². The first-order valence-corrected chi connectivity index (χ1v) is 13.3. The first-order valence-electron chi connectivity index (χ1n) is 11.6. The molecule has 0 aromatic heterocycles. The molecule has 2 aromatic rings. The Balaban J connectivity index is 1.84. The van der Waals surface area contributed by atoms with Crippen molar-refractivity contribution in [2.45, 2.75) is 51.1 Å². The Morgan fingerprint density at radius 3 is 1.94 bits per heavy atom. The van der Waals surface area contributed by atoms with Gasteiger partial charge in [-0.15, -0.1) is 0 Å². The zero-order valence-corrected chi connectivity index (χ0v) is 20.4. The van der Waals surface area contributed by atoms with Crippen LogP contribution in [0.3, 0.4) is 0 Å². The van der Waals surface area contributed by atoms with Gasteiger partial charge in [0.05, 0.1) is 19.4 Å². The van der Waals surface area contributed by atoms with Gasteiger partial charge in [0.15, 0.2) is 0 Å². The molecule has 2 aromatic carbocycles. The summed E-state index contributed by atoms with van der Waals surface area (Å²) in [6.07, 6.45) is -2.18. The number of amides is 1. The van der Waals surface area contributed by atoms with Gasteiger partial charge in [0.1, 0.15) is 12.0 Å². The number of alkyl halides is 3. The molecule has 0 fully saturated rings. The van der Waals surface area contributed by atoms with Gasteiger partial charge in [-0.2, -0.15) is 13.2 Å². The summed E-state index contributed by atoms with van der Waals surface area (Å²) < 4.78 is 62.2. The highest BCUT2D eigenvalue weighted by Crippen LogP contribution is 2.52. The highest BCUT2D eigenvalue weighted by Gasteiger charge is 2.49. The van der Waals surface area contributed by atoms with E-state index < -0.39 is 31.6 Å². The summed E-state index contributed by atoms with van der Waals surface area (Å²) in [4.78, 5) is 13.4. The number of nitrogens with one attached hydrogen (secondary N) is 1. The average molecular weight is 497 g/mol. The van der Waals surface area contributed by atoms with Crippen molar-refractivity contribution in [1.29, 1.82) is 0 Å². The van der Waals surface area contributed by atoms with Gasteiger partial charge in [0.25, 0.3) is 0 Å². The summed E-state index contributed by atoms with van der Waals surface area (Å²) in [6.45, 7) is 2.69. The molecule has 1 amide bonds. The smallest absolute Gasteiger partial charge is 0.346 e. The van der Waals surface area contributed by atoms with Crippen LogP contribution >= 0.6 is 7.60 Å². The Labute approximate surface area is 198 Å². The average Bonchev–Trinajstić information content (AvgIpc) is 3.08. The fourth-order valence-corrected chi connectivity index (χ4v) is 6.45. The molecular weight excluding hydrogens is 466 g/mol. The number of hydrogen-bond donors (Lipinski definition) is 1. The van der Waals surface area contributed by atoms with Crippen molar-refractivity contribution in [3.8, 4) is 11.1 Å². The van der Waals surface area contributed by atoms with Crippen molar-refractivity contribution in [2.24, 2.45) is 0 Å². The zero-order chi connectivity index (χ0) is 24.8. The third-order valence-corrected chi connectivity index (χ3v) is 8.20. The van der Waals surface area contributed by atoms with Gasteiger partial charge in [0.2, 0.25) is 5.91 Å². The highest BCUT2D eigenvalue weighted by atomic mass is 31.2. The second-order valence-electron chi connectivity index (χ2n) is 8.28. The van der Waals surface area contributed by atoms with E-state index in [2.05, 4.69) is 5.32 Å². The zero-order valence-electron chi connectivity index (χ0n) is 19.5. The van der Waals surface area contributed by atoms with Crippen molar-refractivity contribution < 1.29 is 31.6 Å². The number of carbonyl (C=O) groups is 1. The molecule has 9 heteroatoms. The molecule has 0 spiro atoms. The summed E-state index contributed by atoms with van der Waals surface area (Å²) in [5.74, 6) is -0.656. The first kappa shape index (κ1) is 26.5. The molecule has 3 rings (SSSR count). The predicted molar refractivity (Wildman–Crippen MR) is 126 cm³/mol. The van der Waals surface area contributed by atoms with E-state index >= 15 is 0 Å². The molecule has 1 N–H and O–H groups in total. The van der Waals surface area contributed by atoms with E-state index in [1.54, 1.807) is 26.0 Å². The molecule has 0 aliphatic heterocycles. The van der Waals surface area contributed by atoms with Crippen molar-refractivity contribution in [3.05, 3.63) is 59.7 Å². The van der Waals surface area contributed by atoms with Crippen molar-refractivity contribution in [1.82, 2.24) is 5.32 Å². The fourth-order valence-electron chi connectivity index (χ4n) is 4.72. The lowest BCUT2D eigenvalue weighted by molar-refractivity contribution is -0.141. The van der Waals surface area contributed by atoms with Gasteiger partial charge in [0, 0.05) is 0 Å². The summed E-state index contributed by atoms with van der Waals surface area (Å²) in [5, 5.41) is 2.14. The number of hydrogen-bond acceptors (Lipinski definition) is 4. The predicted octanol–water partition coefficient (Wildman–Crippen LogP) is 6.46. The Morgan fingerprint density at radius 2 is 1.44 bits per heavy atom. The molecule has 0 heterocycles. The number of fused-ring (bicyclic) bond motifs is 3. The summed E-state index contributed by atoms with van der Waals surface area (Å²) in [7, 11) is -3.16. The molecule has 5 nitrogen and oxygen atoms in total. The molecule has 186 valence electrons. The quantitative estimate of drug-likeness (QED) is 0.270. The topological polar surface area (TPSA) is 64.6 Å². The van der Waals surface area contributed by atoms with Gasteiger partial charge in [-0.25, -0.2) is 0 Å². The largest absolute Gasteiger partial charge is 0.405 e. The van der Waals surface area contributed by atoms with Crippen molar-refractivity contribution in [3.63, 3.8) is 0 Å². The van der Waals surface area contributed by atoms with Crippen molar-refractivity contribution in [2.75, 3.05) is 25.9 Å². The van der Waals surface area contributed by atoms with Gasteiger partial charge in [-0.1, -0.05) is 61.4 Å². The molecular formula is C25H31F3NO4P. The van der Waals surface area contributed by atoms with E-state index in [-0.39, 0.29) is 19.4 Å². The highest BCUT2D eigenvalue weighted by molar-refractivity contribution is 7.53. The molecule has 34 heavy (non-hydrogen) atoms. The maximum Gasteiger partial charge on any atom is 0.405 e. The minimum atomic E-state index is -4.51. The monoisotopic (exact) mass is 497 g/mol. The number of carbonyl (C=O) groups excluding carboxylic acids is 1. The molecule has 0 unspecified atom stereocenters. The van der Waals surface area contributed by atoms with Gasteiger partial charge in [-0.3, -0.25) is 9.36 Å². The lowest BCUT2D eigenvalue weighted by Gasteiger charge is -2.31. The van der Waals surface area contributed by atoms with Crippen molar-refractivity contribution >= 4 is 13.5 Å². The summed E-state index contributed by atoms with van der Waals surface area (Å²) in [6, 6.07) is 14.8. The first-order chi connectivity index (χ1) is 16.2. The van der Waals surface area contributed by atoms with Crippen LogP contribution in [0.4, 0.5) is 13.2 Å². The van der Waals surface area contributed by atoms with Crippen LogP contribution in [-0.2, 0) is 23.8 Å². The molecule has 0 bridgehead atoms. The van der Waals surface area contributed by atoms with E-state index in [1.165, 1.54) is 0 Å². The summed E-state index contributed by atoms with van der Waals surface area (Å²) in [5.41, 5.74) is 1.92. The Morgan fingerprint density at radius 1 is 0.912 bits per heavy atom. The molecule has 0 saturated carbocycles. The van der Waals surface area contributed by atoms with E-state index in [1.807, 2.05) is 36.4 Å². The molecule has 1 aliphatic rings. The van der Waals surface area contributed by atoms with Crippen LogP contribution in [0.25, 0.3) is 11.1 Å². The minimum absolute atomic E-state index is 0.259. The molecule has 0 radical (unpaired) electrons. The van der Waals surface area contributed by atoms with Crippen LogP contribution in [0.5, 0.6) is 0 Å². The Kier molecular flexibility index (Phi) is 8.61. The number of unbranched alkanes of at least 4 members (excludes halogenated alkanes) is 2. The lowest BCUT2D eigenvalue weighted by Crippen LogP contribution is -2.47. The van der Waals surface area contributed by atoms with Gasteiger partial charge in [-0.05, 0) is 48.9 Å². The third kappa shape index (κ3) is 5.73. The Bertz CT molecular complexity index is 985. The van der Waals surface area contributed by atoms with E-state index in [9.17, 15) is 22.5 Å². The SMILES string of the molecule is CCOP(=O)(CCCCCC1(C(=O)NCC(F)(F)F)c2ccccc2-c2ccccc21)OCC. The number of rotatable bonds is 12. The standard InChI is InChI=1S/C25H31F3NO4P/c1-3-32-34(31,33-4-2)17-11-5-10-16-24(23(30)29-18-25(26,27)28)21-14-8-6-12-19(21)20-13-7-9-15-22(20)24/h6-9,12-15H,3-5,10-11,16-18H2,1-2H3,(H,29,30). The third-order valence-electron chi connectivity index (χ3n) is 6.04. The van der Waals surface area contributed by atoms with Crippen LogP contribution in [0, 0.1) is 0 Å². The van der Waals surface area contributed by atoms with Crippen LogP contribution in [0.15, 0.2) is 48.5 Å². The van der Waals surface area contributed by atoms with E-state index in [0.29, 0.717) is 36.8 Å². The fraction of sp³-hybridized carbons (Fsp3) is 0.480. The van der Waals surface area contributed by atoms with Crippen LogP contribution in [0.1, 0.15) is 50.7 Å². The molecule has 0 saturated heterocycles. The minimum Gasteiger partial charge on any atom is -0.346 e. The van der Waals surface area contributed by atoms with E-state index in [0.717, 1.165) is 11.1 Å². The number of benzene rings is 2.